The van der Waals surface area contributed by atoms with E-state index in [2.05, 4.69) is 9.97 Å². The lowest BCUT2D eigenvalue weighted by Gasteiger charge is -2.31. The molecule has 1 saturated heterocycles. The van der Waals surface area contributed by atoms with E-state index in [1.165, 1.54) is 0 Å². The fourth-order valence-corrected chi connectivity index (χ4v) is 2.70. The van der Waals surface area contributed by atoms with Gasteiger partial charge in [0.1, 0.15) is 6.61 Å². The van der Waals surface area contributed by atoms with Gasteiger partial charge in [0.2, 0.25) is 0 Å². The highest BCUT2D eigenvalue weighted by molar-refractivity contribution is 5.67. The van der Waals surface area contributed by atoms with Crippen LogP contribution in [0.4, 0.5) is 4.79 Å². The van der Waals surface area contributed by atoms with Crippen LogP contribution in [0.5, 0.6) is 0 Å². The first-order valence-electron chi connectivity index (χ1n) is 7.27. The molecule has 0 radical (unpaired) electrons. The van der Waals surface area contributed by atoms with Crippen LogP contribution in [-0.2, 0) is 11.3 Å². The molecule has 0 aliphatic carbocycles. The number of hydrogen-bond acceptors (Lipinski definition) is 3. The summed E-state index contributed by atoms with van der Waals surface area (Å²) in [5, 5.41) is 0. The number of carbonyl (C=O) groups is 1. The number of hydrogen-bond donors (Lipinski definition) is 1. The fraction of sp³-hybridized carbons (Fsp3) is 0.375. The van der Waals surface area contributed by atoms with Crippen molar-refractivity contribution >= 4 is 6.09 Å². The molecule has 21 heavy (non-hydrogen) atoms. The molecule has 1 N–H and O–H groups in total. The summed E-state index contributed by atoms with van der Waals surface area (Å²) in [6, 6.07) is 9.75. The number of H-pyrrole nitrogens is 1. The number of imidazole rings is 1. The summed E-state index contributed by atoms with van der Waals surface area (Å²) in [6.07, 6.45) is 5.35. The van der Waals surface area contributed by atoms with Crippen LogP contribution < -0.4 is 0 Å². The lowest BCUT2D eigenvalue weighted by atomic mass is 9.96. The molecule has 5 nitrogen and oxygen atoms in total. The number of aromatic nitrogens is 2. The van der Waals surface area contributed by atoms with Crippen molar-refractivity contribution in [1.82, 2.24) is 14.9 Å². The highest BCUT2D eigenvalue weighted by atomic mass is 16.6. The van der Waals surface area contributed by atoms with Crippen LogP contribution in [0.15, 0.2) is 42.9 Å². The zero-order valence-corrected chi connectivity index (χ0v) is 11.9. The molecule has 5 heteroatoms. The largest absolute Gasteiger partial charge is 0.445 e. The Bertz CT molecular complexity index is 568. The van der Waals surface area contributed by atoms with E-state index in [0.29, 0.717) is 19.1 Å². The van der Waals surface area contributed by atoms with Crippen molar-refractivity contribution in [3.05, 3.63) is 54.1 Å². The minimum atomic E-state index is -0.233. The Morgan fingerprint density at radius 3 is 3.00 bits per heavy atom. The first-order valence-corrected chi connectivity index (χ1v) is 7.27. The van der Waals surface area contributed by atoms with Crippen molar-refractivity contribution in [2.24, 2.45) is 0 Å². The lowest BCUT2D eigenvalue weighted by Crippen LogP contribution is -2.39. The van der Waals surface area contributed by atoms with Crippen LogP contribution in [0.2, 0.25) is 0 Å². The number of likely N-dealkylation sites (tertiary alicyclic amines) is 1. The number of piperidine rings is 1. The van der Waals surface area contributed by atoms with E-state index in [1.807, 2.05) is 36.5 Å². The van der Waals surface area contributed by atoms with Crippen molar-refractivity contribution in [1.29, 1.82) is 0 Å². The fourth-order valence-electron chi connectivity index (χ4n) is 2.70. The topological polar surface area (TPSA) is 58.2 Å². The third-order valence-corrected chi connectivity index (χ3v) is 3.84. The number of aromatic amines is 1. The molecule has 2 heterocycles. The molecule has 1 aromatic carbocycles. The number of amides is 1. The van der Waals surface area contributed by atoms with Gasteiger partial charge in [-0.1, -0.05) is 30.3 Å². The summed E-state index contributed by atoms with van der Waals surface area (Å²) in [5.74, 6) is 0.325. The smallest absolute Gasteiger partial charge is 0.410 e. The van der Waals surface area contributed by atoms with E-state index >= 15 is 0 Å². The van der Waals surface area contributed by atoms with Gasteiger partial charge in [0.15, 0.2) is 0 Å². The average molecular weight is 285 g/mol. The van der Waals surface area contributed by atoms with Crippen molar-refractivity contribution in [2.75, 3.05) is 13.1 Å². The third-order valence-electron chi connectivity index (χ3n) is 3.84. The number of nitrogens with one attached hydrogen (secondary N) is 1. The maximum atomic E-state index is 12.2. The summed E-state index contributed by atoms with van der Waals surface area (Å²) in [7, 11) is 0. The molecule has 110 valence electrons. The van der Waals surface area contributed by atoms with E-state index in [1.54, 1.807) is 11.2 Å². The number of carbonyl (C=O) groups excluding carboxylic acids is 1. The molecule has 1 fully saturated rings. The van der Waals surface area contributed by atoms with Crippen molar-refractivity contribution in [3.8, 4) is 0 Å². The Morgan fingerprint density at radius 2 is 2.24 bits per heavy atom. The quantitative estimate of drug-likeness (QED) is 0.943. The molecule has 1 unspecified atom stereocenters. The van der Waals surface area contributed by atoms with Gasteiger partial charge < -0.3 is 14.6 Å². The minimum Gasteiger partial charge on any atom is -0.445 e. The van der Waals surface area contributed by atoms with Gasteiger partial charge in [-0.3, -0.25) is 0 Å². The number of benzene rings is 1. The molecule has 3 rings (SSSR count). The standard InChI is InChI=1S/C16H19N3O2/c20-16(21-11-13-5-2-1-3-6-13)19-8-4-7-14(10-19)15-9-17-12-18-15/h1-3,5-6,9,12,14H,4,7-8,10-11H2,(H,17,18). The molecule has 1 aliphatic rings. The predicted octanol–water partition coefficient (Wildman–Crippen LogP) is 2.93. The summed E-state index contributed by atoms with van der Waals surface area (Å²) in [6.45, 7) is 1.78. The SMILES string of the molecule is O=C(OCc1ccccc1)N1CCCC(c2cnc[nH]2)C1. The summed E-state index contributed by atoms with van der Waals surface area (Å²) < 4.78 is 5.39. The van der Waals surface area contributed by atoms with Gasteiger partial charge in [0, 0.05) is 30.9 Å². The normalized spacial score (nSPS) is 18.5. The molecule has 1 aromatic heterocycles. The number of ether oxygens (including phenoxy) is 1. The zero-order chi connectivity index (χ0) is 14.5. The van der Waals surface area contributed by atoms with E-state index in [9.17, 15) is 4.79 Å². The van der Waals surface area contributed by atoms with Gasteiger partial charge in [-0.2, -0.15) is 0 Å². The third kappa shape index (κ3) is 3.42. The van der Waals surface area contributed by atoms with Crippen LogP contribution in [0.3, 0.4) is 0 Å². The van der Waals surface area contributed by atoms with Gasteiger partial charge in [-0.15, -0.1) is 0 Å². The number of nitrogens with zero attached hydrogens (tertiary/aromatic N) is 2. The Balaban J connectivity index is 1.55. The lowest BCUT2D eigenvalue weighted by molar-refractivity contribution is 0.0856. The second kappa shape index (κ2) is 6.43. The molecule has 0 spiro atoms. The van der Waals surface area contributed by atoms with Crippen LogP contribution in [0, 0.1) is 0 Å². The average Bonchev–Trinajstić information content (AvgIpc) is 3.08. The Kier molecular flexibility index (Phi) is 4.19. The summed E-state index contributed by atoms with van der Waals surface area (Å²) >= 11 is 0. The molecule has 1 atom stereocenters. The van der Waals surface area contributed by atoms with Crippen LogP contribution in [0.1, 0.15) is 30.0 Å². The first-order chi connectivity index (χ1) is 10.3. The highest BCUT2D eigenvalue weighted by Crippen LogP contribution is 2.25. The Labute approximate surface area is 124 Å². The molecule has 1 amide bonds. The van der Waals surface area contributed by atoms with Crippen molar-refractivity contribution in [2.45, 2.75) is 25.4 Å². The molecule has 0 saturated carbocycles. The van der Waals surface area contributed by atoms with E-state index in [4.69, 9.17) is 4.74 Å². The second-order valence-electron chi connectivity index (χ2n) is 5.33. The number of rotatable bonds is 3. The zero-order valence-electron chi connectivity index (χ0n) is 11.9. The highest BCUT2D eigenvalue weighted by Gasteiger charge is 2.26. The maximum Gasteiger partial charge on any atom is 0.410 e. The van der Waals surface area contributed by atoms with Crippen molar-refractivity contribution in [3.63, 3.8) is 0 Å². The molecule has 1 aliphatic heterocycles. The minimum absolute atomic E-state index is 0.233. The summed E-state index contributed by atoms with van der Waals surface area (Å²) in [5.41, 5.74) is 2.10. The molecular weight excluding hydrogens is 266 g/mol. The Hall–Kier alpha value is -2.30. The maximum absolute atomic E-state index is 12.2. The summed E-state index contributed by atoms with van der Waals surface area (Å²) in [4.78, 5) is 21.1. The monoisotopic (exact) mass is 285 g/mol. The molecule has 0 bridgehead atoms. The van der Waals surface area contributed by atoms with Crippen LogP contribution >= 0.6 is 0 Å². The Morgan fingerprint density at radius 1 is 1.38 bits per heavy atom. The van der Waals surface area contributed by atoms with E-state index in [-0.39, 0.29) is 6.09 Å². The predicted molar refractivity (Wildman–Crippen MR) is 78.8 cm³/mol. The van der Waals surface area contributed by atoms with Gasteiger partial charge in [-0.05, 0) is 18.4 Å². The first kappa shape index (κ1) is 13.7. The van der Waals surface area contributed by atoms with Gasteiger partial charge in [0.25, 0.3) is 0 Å². The van der Waals surface area contributed by atoms with Crippen LogP contribution in [-0.4, -0.2) is 34.1 Å². The van der Waals surface area contributed by atoms with Crippen LogP contribution in [0.25, 0.3) is 0 Å². The van der Waals surface area contributed by atoms with Gasteiger partial charge in [0.05, 0.1) is 6.33 Å². The molecular formula is C16H19N3O2. The van der Waals surface area contributed by atoms with Crippen molar-refractivity contribution < 1.29 is 9.53 Å². The van der Waals surface area contributed by atoms with Gasteiger partial charge >= 0.3 is 6.09 Å². The van der Waals surface area contributed by atoms with E-state index in [0.717, 1.165) is 30.6 Å². The van der Waals surface area contributed by atoms with E-state index < -0.39 is 0 Å². The molecule has 2 aromatic rings. The van der Waals surface area contributed by atoms with Gasteiger partial charge in [-0.25, -0.2) is 9.78 Å². The second-order valence-corrected chi connectivity index (χ2v) is 5.33.